The highest BCUT2D eigenvalue weighted by Gasteiger charge is 2.39. The van der Waals surface area contributed by atoms with Crippen LogP contribution >= 0.6 is 11.3 Å². The Morgan fingerprint density at radius 3 is 2.57 bits per heavy atom. The van der Waals surface area contributed by atoms with Gasteiger partial charge in [0, 0.05) is 17.3 Å². The van der Waals surface area contributed by atoms with Crippen LogP contribution in [0.3, 0.4) is 0 Å². The lowest BCUT2D eigenvalue weighted by Crippen LogP contribution is -2.43. The van der Waals surface area contributed by atoms with Crippen molar-refractivity contribution in [2.24, 2.45) is 0 Å². The summed E-state index contributed by atoms with van der Waals surface area (Å²) in [5.41, 5.74) is 0.821. The molecular weight excluding hydrogens is 314 g/mol. The zero-order valence-corrected chi connectivity index (χ0v) is 13.5. The Kier molecular flexibility index (Phi) is 4.12. The highest BCUT2D eigenvalue weighted by atomic mass is 32.1. The zero-order valence-electron chi connectivity index (χ0n) is 12.7. The van der Waals surface area contributed by atoms with Crippen LogP contribution < -0.4 is 5.32 Å². The Hall–Kier alpha value is -2.28. The number of thiazole rings is 1. The normalized spacial score (nSPS) is 16.2. The van der Waals surface area contributed by atoms with E-state index < -0.39 is 11.5 Å². The number of pyridine rings is 1. The van der Waals surface area contributed by atoms with Crippen molar-refractivity contribution in [3.8, 4) is 0 Å². The van der Waals surface area contributed by atoms with Crippen LogP contribution in [-0.2, 0) is 5.54 Å². The van der Waals surface area contributed by atoms with Gasteiger partial charge in [0.25, 0.3) is 5.91 Å². The molecule has 7 heteroatoms. The lowest BCUT2D eigenvalue weighted by atomic mass is 9.97. The quantitative estimate of drug-likeness (QED) is 0.898. The van der Waals surface area contributed by atoms with Crippen LogP contribution in [0.5, 0.6) is 0 Å². The van der Waals surface area contributed by atoms with E-state index in [2.05, 4.69) is 15.3 Å². The van der Waals surface area contributed by atoms with E-state index in [4.69, 9.17) is 5.11 Å². The van der Waals surface area contributed by atoms with E-state index in [1.54, 1.807) is 11.3 Å². The Balaban J connectivity index is 1.83. The Bertz CT molecular complexity index is 733. The summed E-state index contributed by atoms with van der Waals surface area (Å²) in [5, 5.41) is 14.9. The highest BCUT2D eigenvalue weighted by Crippen LogP contribution is 2.40. The fourth-order valence-corrected chi connectivity index (χ4v) is 3.90. The van der Waals surface area contributed by atoms with Gasteiger partial charge in [0.05, 0.1) is 11.1 Å². The standard InChI is InChI=1S/C16H17N3O3S/c1-10-9-23-15(18-10)16(6-2-3-7-16)19-13(20)11-4-5-12(14(21)22)17-8-11/h4-5,8-9H,2-3,6-7H2,1H3,(H,19,20)(H,21,22). The molecule has 1 aliphatic rings. The van der Waals surface area contributed by atoms with E-state index in [1.165, 1.54) is 18.3 Å². The third-order valence-corrected chi connectivity index (χ3v) is 5.25. The number of hydrogen-bond acceptors (Lipinski definition) is 5. The maximum Gasteiger partial charge on any atom is 0.354 e. The minimum atomic E-state index is -1.11. The van der Waals surface area contributed by atoms with Gasteiger partial charge in [0.15, 0.2) is 0 Å². The van der Waals surface area contributed by atoms with Crippen molar-refractivity contribution in [2.75, 3.05) is 0 Å². The molecule has 3 rings (SSSR count). The van der Waals surface area contributed by atoms with Gasteiger partial charge in [-0.15, -0.1) is 11.3 Å². The molecule has 2 aromatic heterocycles. The average molecular weight is 331 g/mol. The number of nitrogens with one attached hydrogen (secondary N) is 1. The van der Waals surface area contributed by atoms with Gasteiger partial charge in [-0.1, -0.05) is 12.8 Å². The first-order chi connectivity index (χ1) is 11.0. The summed E-state index contributed by atoms with van der Waals surface area (Å²) in [6, 6.07) is 2.83. The van der Waals surface area contributed by atoms with Crippen molar-refractivity contribution in [2.45, 2.75) is 38.1 Å². The fourth-order valence-electron chi connectivity index (χ4n) is 2.89. The minimum absolute atomic E-state index is 0.0762. The summed E-state index contributed by atoms with van der Waals surface area (Å²) in [7, 11) is 0. The molecule has 1 fully saturated rings. The average Bonchev–Trinajstić information content (AvgIpc) is 3.17. The summed E-state index contributed by atoms with van der Waals surface area (Å²) >= 11 is 1.57. The summed E-state index contributed by atoms with van der Waals surface area (Å²) in [6.07, 6.45) is 5.14. The lowest BCUT2D eigenvalue weighted by molar-refractivity contribution is 0.0689. The number of hydrogen-bond donors (Lipinski definition) is 2. The van der Waals surface area contributed by atoms with Gasteiger partial charge in [0.2, 0.25) is 0 Å². The van der Waals surface area contributed by atoms with Crippen molar-refractivity contribution in [1.82, 2.24) is 15.3 Å². The van der Waals surface area contributed by atoms with Gasteiger partial charge >= 0.3 is 5.97 Å². The Morgan fingerprint density at radius 2 is 2.04 bits per heavy atom. The molecule has 6 nitrogen and oxygen atoms in total. The molecule has 23 heavy (non-hydrogen) atoms. The highest BCUT2D eigenvalue weighted by molar-refractivity contribution is 7.09. The van der Waals surface area contributed by atoms with Crippen LogP contribution in [0.1, 0.15) is 57.2 Å². The van der Waals surface area contributed by atoms with Crippen molar-refractivity contribution >= 4 is 23.2 Å². The summed E-state index contributed by atoms with van der Waals surface area (Å²) < 4.78 is 0. The van der Waals surface area contributed by atoms with Crippen LogP contribution in [-0.4, -0.2) is 27.0 Å². The first-order valence-corrected chi connectivity index (χ1v) is 8.33. The molecule has 0 saturated heterocycles. The third-order valence-electron chi connectivity index (χ3n) is 4.08. The molecule has 0 aromatic carbocycles. The smallest absolute Gasteiger partial charge is 0.354 e. The van der Waals surface area contributed by atoms with E-state index in [1.807, 2.05) is 12.3 Å². The lowest BCUT2D eigenvalue weighted by Gasteiger charge is -2.28. The number of carbonyl (C=O) groups is 2. The summed E-state index contributed by atoms with van der Waals surface area (Å²) in [4.78, 5) is 31.7. The number of amides is 1. The molecule has 0 atom stereocenters. The monoisotopic (exact) mass is 331 g/mol. The van der Waals surface area contributed by atoms with E-state index in [9.17, 15) is 9.59 Å². The Morgan fingerprint density at radius 1 is 1.30 bits per heavy atom. The molecule has 1 aliphatic carbocycles. The van der Waals surface area contributed by atoms with Crippen molar-refractivity contribution < 1.29 is 14.7 Å². The van der Waals surface area contributed by atoms with Gasteiger partial charge in [0.1, 0.15) is 10.7 Å². The second-order valence-electron chi connectivity index (χ2n) is 5.77. The molecule has 1 saturated carbocycles. The largest absolute Gasteiger partial charge is 0.477 e. The molecule has 2 aromatic rings. The van der Waals surface area contributed by atoms with Crippen molar-refractivity contribution in [3.63, 3.8) is 0 Å². The van der Waals surface area contributed by atoms with Gasteiger partial charge < -0.3 is 10.4 Å². The second-order valence-corrected chi connectivity index (χ2v) is 6.63. The van der Waals surface area contributed by atoms with Crippen LogP contribution in [0.2, 0.25) is 0 Å². The maximum absolute atomic E-state index is 12.5. The van der Waals surface area contributed by atoms with E-state index in [-0.39, 0.29) is 11.6 Å². The number of carboxylic acid groups (broad SMARTS) is 1. The van der Waals surface area contributed by atoms with Crippen LogP contribution in [0.4, 0.5) is 0 Å². The summed E-state index contributed by atoms with van der Waals surface area (Å²) in [6.45, 7) is 1.94. The summed E-state index contributed by atoms with van der Waals surface area (Å²) in [5.74, 6) is -1.35. The number of carbonyl (C=O) groups excluding carboxylic acids is 1. The van der Waals surface area contributed by atoms with Gasteiger partial charge in [-0.3, -0.25) is 4.79 Å². The van der Waals surface area contributed by atoms with Gasteiger partial charge in [-0.25, -0.2) is 14.8 Å². The molecule has 0 radical (unpaired) electrons. The zero-order chi connectivity index (χ0) is 16.4. The molecule has 0 aliphatic heterocycles. The van der Waals surface area contributed by atoms with Crippen molar-refractivity contribution in [1.29, 1.82) is 0 Å². The third kappa shape index (κ3) is 3.10. The number of nitrogens with zero attached hydrogens (tertiary/aromatic N) is 2. The molecule has 0 spiro atoms. The Labute approximate surface area is 137 Å². The molecule has 1 amide bonds. The van der Waals surface area contributed by atoms with Crippen LogP contribution in [0.25, 0.3) is 0 Å². The molecule has 0 bridgehead atoms. The van der Waals surface area contributed by atoms with Gasteiger partial charge in [-0.05, 0) is 31.9 Å². The minimum Gasteiger partial charge on any atom is -0.477 e. The number of aromatic nitrogens is 2. The van der Waals surface area contributed by atoms with Crippen LogP contribution in [0.15, 0.2) is 23.7 Å². The number of aromatic carboxylic acids is 1. The topological polar surface area (TPSA) is 92.2 Å². The SMILES string of the molecule is Cc1csc(C2(NC(=O)c3ccc(C(=O)O)nc3)CCCC2)n1. The molecule has 2 heterocycles. The molecule has 2 N–H and O–H groups in total. The number of aryl methyl sites for hydroxylation is 1. The predicted molar refractivity (Wildman–Crippen MR) is 85.7 cm³/mol. The first-order valence-electron chi connectivity index (χ1n) is 7.45. The molecule has 0 unspecified atom stereocenters. The van der Waals surface area contributed by atoms with Gasteiger partial charge in [-0.2, -0.15) is 0 Å². The first kappa shape index (κ1) is 15.6. The van der Waals surface area contributed by atoms with E-state index in [0.29, 0.717) is 5.56 Å². The van der Waals surface area contributed by atoms with Crippen LogP contribution in [0, 0.1) is 6.92 Å². The molecule has 120 valence electrons. The number of rotatable bonds is 4. The van der Waals surface area contributed by atoms with Crippen molar-refractivity contribution in [3.05, 3.63) is 45.7 Å². The maximum atomic E-state index is 12.5. The number of carboxylic acids is 1. The fraction of sp³-hybridized carbons (Fsp3) is 0.375. The van der Waals surface area contributed by atoms with E-state index >= 15 is 0 Å². The van der Waals surface area contributed by atoms with E-state index in [0.717, 1.165) is 36.4 Å². The predicted octanol–water partition coefficient (Wildman–Crippen LogP) is 2.74. The molecular formula is C16H17N3O3S. The second kappa shape index (κ2) is 6.08.